The number of hydrogen-bond acceptors (Lipinski definition) is 7. The maximum atomic E-state index is 11.8. The monoisotopic (exact) mass is 451 g/mol. The van der Waals surface area contributed by atoms with Crippen LogP contribution in [0.4, 0.5) is 10.6 Å². The average molecular weight is 452 g/mol. The molecule has 0 aliphatic rings. The van der Waals surface area contributed by atoms with Crippen LogP contribution in [0, 0.1) is 0 Å². The van der Waals surface area contributed by atoms with Crippen LogP contribution in [0.25, 0.3) is 33.3 Å². The SMILES string of the molecule is COc1ccc2[nH]c(-c3nn(CCCCNC(=O)OC(C)(C)C)c4ncnc(N)c34)cc2c1. The minimum atomic E-state index is -0.512. The molecule has 0 unspecified atom stereocenters. The molecule has 4 N–H and O–H groups in total. The number of fused-ring (bicyclic) bond motifs is 2. The van der Waals surface area contributed by atoms with Gasteiger partial charge in [-0.05, 0) is 57.9 Å². The summed E-state index contributed by atoms with van der Waals surface area (Å²) in [5, 5.41) is 9.30. The van der Waals surface area contributed by atoms with Crippen molar-refractivity contribution >= 4 is 33.8 Å². The summed E-state index contributed by atoms with van der Waals surface area (Å²) >= 11 is 0. The van der Waals surface area contributed by atoms with Crippen molar-refractivity contribution in [2.24, 2.45) is 0 Å². The van der Waals surface area contributed by atoms with E-state index in [-0.39, 0.29) is 0 Å². The van der Waals surface area contributed by atoms with Crippen LogP contribution in [-0.4, -0.2) is 50.1 Å². The van der Waals surface area contributed by atoms with E-state index in [1.165, 1.54) is 6.33 Å². The second-order valence-electron chi connectivity index (χ2n) is 8.80. The van der Waals surface area contributed by atoms with Crippen LogP contribution in [0.5, 0.6) is 5.75 Å². The lowest BCUT2D eigenvalue weighted by molar-refractivity contribution is 0.0527. The van der Waals surface area contributed by atoms with Gasteiger partial charge in [-0.1, -0.05) is 0 Å². The summed E-state index contributed by atoms with van der Waals surface area (Å²) in [6.45, 7) is 6.65. The van der Waals surface area contributed by atoms with Crippen LogP contribution in [0.3, 0.4) is 0 Å². The first kappa shape index (κ1) is 22.4. The van der Waals surface area contributed by atoms with Gasteiger partial charge in [0.2, 0.25) is 0 Å². The fourth-order valence-corrected chi connectivity index (χ4v) is 3.63. The van der Waals surface area contributed by atoms with Crippen LogP contribution in [0.1, 0.15) is 33.6 Å². The summed E-state index contributed by atoms with van der Waals surface area (Å²) < 4.78 is 12.4. The molecular formula is C23H29N7O3. The molecule has 0 fully saturated rings. The average Bonchev–Trinajstić information content (AvgIpc) is 3.34. The van der Waals surface area contributed by atoms with E-state index < -0.39 is 11.7 Å². The van der Waals surface area contributed by atoms with E-state index in [0.717, 1.165) is 35.2 Å². The number of benzene rings is 1. The number of aryl methyl sites for hydroxylation is 1. The van der Waals surface area contributed by atoms with Gasteiger partial charge in [-0.15, -0.1) is 0 Å². The number of aromatic amines is 1. The fraction of sp³-hybridized carbons (Fsp3) is 0.391. The minimum Gasteiger partial charge on any atom is -0.497 e. The van der Waals surface area contributed by atoms with Crippen molar-refractivity contribution in [3.63, 3.8) is 0 Å². The summed E-state index contributed by atoms with van der Waals surface area (Å²) in [7, 11) is 1.64. The molecule has 3 heterocycles. The van der Waals surface area contributed by atoms with Gasteiger partial charge in [0, 0.05) is 24.0 Å². The highest BCUT2D eigenvalue weighted by atomic mass is 16.6. The highest BCUT2D eigenvalue weighted by Gasteiger charge is 2.19. The Balaban J connectivity index is 1.51. The predicted molar refractivity (Wildman–Crippen MR) is 127 cm³/mol. The van der Waals surface area contributed by atoms with E-state index in [1.807, 2.05) is 49.7 Å². The lowest BCUT2D eigenvalue weighted by atomic mass is 10.2. The molecule has 0 bridgehead atoms. The number of nitrogens with one attached hydrogen (secondary N) is 2. The van der Waals surface area contributed by atoms with Crippen molar-refractivity contribution < 1.29 is 14.3 Å². The quantitative estimate of drug-likeness (QED) is 0.363. The maximum absolute atomic E-state index is 11.8. The second-order valence-corrected chi connectivity index (χ2v) is 8.80. The van der Waals surface area contributed by atoms with Crippen LogP contribution < -0.4 is 15.8 Å². The molecular weight excluding hydrogens is 422 g/mol. The van der Waals surface area contributed by atoms with E-state index in [1.54, 1.807) is 7.11 Å². The maximum Gasteiger partial charge on any atom is 0.407 e. The summed E-state index contributed by atoms with van der Waals surface area (Å²) in [5.41, 5.74) is 8.87. The van der Waals surface area contributed by atoms with Crippen molar-refractivity contribution in [1.82, 2.24) is 30.0 Å². The lowest BCUT2D eigenvalue weighted by Crippen LogP contribution is -2.33. The molecule has 0 aliphatic heterocycles. The number of aromatic nitrogens is 5. The third-order valence-corrected chi connectivity index (χ3v) is 5.11. The molecule has 4 aromatic rings. The Morgan fingerprint density at radius 2 is 2.03 bits per heavy atom. The van der Waals surface area contributed by atoms with E-state index in [4.69, 9.17) is 20.3 Å². The topological polar surface area (TPSA) is 133 Å². The number of ether oxygens (including phenoxy) is 2. The summed E-state index contributed by atoms with van der Waals surface area (Å²) in [6, 6.07) is 7.85. The molecule has 33 heavy (non-hydrogen) atoms. The van der Waals surface area contributed by atoms with Gasteiger partial charge in [-0.3, -0.25) is 0 Å². The number of carbonyl (C=O) groups excluding carboxylic acids is 1. The molecule has 4 rings (SSSR count). The van der Waals surface area contributed by atoms with E-state index in [0.29, 0.717) is 35.6 Å². The Bertz CT molecular complexity index is 1290. The van der Waals surface area contributed by atoms with E-state index in [2.05, 4.69) is 20.3 Å². The zero-order valence-electron chi connectivity index (χ0n) is 19.3. The third kappa shape index (κ3) is 5.00. The third-order valence-electron chi connectivity index (χ3n) is 5.11. The lowest BCUT2D eigenvalue weighted by Gasteiger charge is -2.19. The standard InChI is InChI=1S/C23H29N7O3/c1-23(2,3)33-22(31)25-9-5-6-10-30-21-18(20(24)26-13-27-21)19(29-30)17-12-14-11-15(32-4)7-8-16(14)28-17/h7-8,11-13,28H,5-6,9-10H2,1-4H3,(H,25,31)(H2,24,26,27). The van der Waals surface area contributed by atoms with Crippen molar-refractivity contribution in [3.8, 4) is 17.1 Å². The highest BCUT2D eigenvalue weighted by molar-refractivity contribution is 5.99. The summed E-state index contributed by atoms with van der Waals surface area (Å²) in [6.07, 6.45) is 2.59. The number of anilines is 1. The number of carbonyl (C=O) groups is 1. The molecule has 0 saturated carbocycles. The number of nitrogens with zero attached hydrogens (tertiary/aromatic N) is 4. The minimum absolute atomic E-state index is 0.379. The zero-order valence-corrected chi connectivity index (χ0v) is 19.3. The first-order valence-electron chi connectivity index (χ1n) is 10.9. The van der Waals surface area contributed by atoms with Gasteiger partial charge >= 0.3 is 6.09 Å². The Kier molecular flexibility index (Phi) is 6.08. The van der Waals surface area contributed by atoms with Gasteiger partial charge in [0.05, 0.1) is 18.2 Å². The number of H-pyrrole nitrogens is 1. The van der Waals surface area contributed by atoms with Gasteiger partial charge in [0.25, 0.3) is 0 Å². The molecule has 3 aromatic heterocycles. The number of hydrogen-bond donors (Lipinski definition) is 3. The Hall–Kier alpha value is -3.82. The molecule has 0 saturated heterocycles. The fourth-order valence-electron chi connectivity index (χ4n) is 3.63. The summed E-state index contributed by atoms with van der Waals surface area (Å²) in [5.74, 6) is 1.16. The number of nitrogens with two attached hydrogens (primary N) is 1. The van der Waals surface area contributed by atoms with Crippen LogP contribution >= 0.6 is 0 Å². The number of rotatable bonds is 7. The predicted octanol–water partition coefficient (Wildman–Crippen LogP) is 3.87. The molecule has 0 spiro atoms. The second kappa shape index (κ2) is 8.97. The van der Waals surface area contributed by atoms with Crippen LogP contribution in [0.2, 0.25) is 0 Å². The molecule has 0 atom stereocenters. The van der Waals surface area contributed by atoms with E-state index >= 15 is 0 Å². The van der Waals surface area contributed by atoms with Crippen molar-refractivity contribution in [1.29, 1.82) is 0 Å². The molecule has 1 aromatic carbocycles. The van der Waals surface area contributed by atoms with Gasteiger partial charge < -0.3 is 25.5 Å². The summed E-state index contributed by atoms with van der Waals surface area (Å²) in [4.78, 5) is 23.8. The normalized spacial score (nSPS) is 11.8. The molecule has 10 nitrogen and oxygen atoms in total. The van der Waals surface area contributed by atoms with Crippen molar-refractivity contribution in [2.75, 3.05) is 19.4 Å². The smallest absolute Gasteiger partial charge is 0.407 e. The van der Waals surface area contributed by atoms with Gasteiger partial charge in [0.15, 0.2) is 5.65 Å². The van der Waals surface area contributed by atoms with Gasteiger partial charge in [-0.2, -0.15) is 5.10 Å². The van der Waals surface area contributed by atoms with Crippen LogP contribution in [0.15, 0.2) is 30.6 Å². The molecule has 0 radical (unpaired) electrons. The molecule has 10 heteroatoms. The Labute approximate surface area is 191 Å². The molecule has 0 aliphatic carbocycles. The first-order chi connectivity index (χ1) is 15.7. The highest BCUT2D eigenvalue weighted by Crippen LogP contribution is 2.32. The molecule has 1 amide bonds. The number of amides is 1. The van der Waals surface area contributed by atoms with Crippen LogP contribution in [-0.2, 0) is 11.3 Å². The number of unbranched alkanes of at least 4 members (excludes halogenated alkanes) is 1. The number of methoxy groups -OCH3 is 1. The zero-order chi connectivity index (χ0) is 23.6. The Morgan fingerprint density at radius 1 is 1.21 bits per heavy atom. The van der Waals surface area contributed by atoms with E-state index in [9.17, 15) is 4.79 Å². The Morgan fingerprint density at radius 3 is 2.79 bits per heavy atom. The number of alkyl carbamates (subject to hydrolysis) is 1. The van der Waals surface area contributed by atoms with Gasteiger partial charge in [0.1, 0.15) is 29.2 Å². The first-order valence-corrected chi connectivity index (χ1v) is 10.9. The number of nitrogen functional groups attached to an aromatic ring is 1. The van der Waals surface area contributed by atoms with Crippen molar-refractivity contribution in [2.45, 2.75) is 45.8 Å². The van der Waals surface area contributed by atoms with Crippen molar-refractivity contribution in [3.05, 3.63) is 30.6 Å². The largest absolute Gasteiger partial charge is 0.497 e. The van der Waals surface area contributed by atoms with Gasteiger partial charge in [-0.25, -0.2) is 19.4 Å². The molecule has 174 valence electrons.